The first-order valence-electron chi connectivity index (χ1n) is 8.85. The SMILES string of the molecule is O=C(Nc1nn(Cc2ccc(Cl)c(Cl)c2)cc1Br)C1CC(c2cccc(Br)c2)=NO1. The van der Waals surface area contributed by atoms with Gasteiger partial charge in [0.25, 0.3) is 5.91 Å². The van der Waals surface area contributed by atoms with E-state index in [1.165, 1.54) is 0 Å². The van der Waals surface area contributed by atoms with E-state index in [0.717, 1.165) is 21.3 Å². The Hall–Kier alpha value is -1.87. The van der Waals surface area contributed by atoms with Crippen molar-refractivity contribution in [3.05, 3.63) is 78.8 Å². The maximum Gasteiger partial charge on any atom is 0.269 e. The van der Waals surface area contributed by atoms with Crippen molar-refractivity contribution >= 4 is 72.5 Å². The Morgan fingerprint density at radius 2 is 2.03 bits per heavy atom. The molecule has 1 N–H and O–H groups in total. The molecule has 0 saturated heterocycles. The molecule has 1 atom stereocenters. The highest BCUT2D eigenvalue weighted by atomic mass is 79.9. The van der Waals surface area contributed by atoms with Crippen molar-refractivity contribution in [2.75, 3.05) is 5.32 Å². The number of benzene rings is 2. The first-order valence-corrected chi connectivity index (χ1v) is 11.2. The number of amides is 1. The van der Waals surface area contributed by atoms with Gasteiger partial charge < -0.3 is 10.2 Å². The molecule has 4 rings (SSSR count). The minimum atomic E-state index is -0.717. The molecule has 0 spiro atoms. The number of hydrogen-bond acceptors (Lipinski definition) is 4. The number of hydrogen-bond donors (Lipinski definition) is 1. The molecule has 3 aromatic rings. The van der Waals surface area contributed by atoms with Gasteiger partial charge in [-0.1, -0.05) is 62.5 Å². The van der Waals surface area contributed by atoms with Gasteiger partial charge in [-0.05, 0) is 45.8 Å². The summed E-state index contributed by atoms with van der Waals surface area (Å²) in [6.45, 7) is 0.474. The number of nitrogens with zero attached hydrogens (tertiary/aromatic N) is 3. The zero-order chi connectivity index (χ0) is 21.3. The van der Waals surface area contributed by atoms with Crippen molar-refractivity contribution in [1.82, 2.24) is 9.78 Å². The number of nitrogens with one attached hydrogen (secondary N) is 1. The van der Waals surface area contributed by atoms with Crippen LogP contribution in [-0.2, 0) is 16.2 Å². The molecule has 1 unspecified atom stereocenters. The summed E-state index contributed by atoms with van der Waals surface area (Å²) in [6.07, 6.45) is 1.44. The highest BCUT2D eigenvalue weighted by Gasteiger charge is 2.30. The average Bonchev–Trinajstić information content (AvgIpc) is 3.32. The first-order chi connectivity index (χ1) is 14.4. The van der Waals surface area contributed by atoms with Crippen LogP contribution in [0.15, 0.2) is 62.8 Å². The molecule has 10 heteroatoms. The zero-order valence-corrected chi connectivity index (χ0v) is 20.0. The molecular weight excluding hydrogens is 559 g/mol. The fourth-order valence-corrected chi connectivity index (χ4v) is 4.08. The van der Waals surface area contributed by atoms with Gasteiger partial charge in [-0.3, -0.25) is 9.48 Å². The third-order valence-corrected chi connectivity index (χ3v) is 6.22. The predicted molar refractivity (Wildman–Crippen MR) is 124 cm³/mol. The Balaban J connectivity index is 1.40. The van der Waals surface area contributed by atoms with Gasteiger partial charge >= 0.3 is 0 Å². The molecule has 0 bridgehead atoms. The molecule has 0 fully saturated rings. The Kier molecular flexibility index (Phi) is 6.48. The molecule has 2 aromatic carbocycles. The molecule has 1 amide bonds. The van der Waals surface area contributed by atoms with E-state index in [2.05, 4.69) is 47.4 Å². The van der Waals surface area contributed by atoms with Crippen LogP contribution in [0.5, 0.6) is 0 Å². The van der Waals surface area contributed by atoms with E-state index in [0.29, 0.717) is 33.3 Å². The Morgan fingerprint density at radius 3 is 2.80 bits per heavy atom. The molecule has 30 heavy (non-hydrogen) atoms. The number of aromatic nitrogens is 2. The third-order valence-electron chi connectivity index (χ3n) is 4.41. The van der Waals surface area contributed by atoms with E-state index in [4.69, 9.17) is 28.0 Å². The lowest BCUT2D eigenvalue weighted by Crippen LogP contribution is -2.28. The van der Waals surface area contributed by atoms with Crippen LogP contribution >= 0.6 is 55.1 Å². The van der Waals surface area contributed by atoms with Crippen LogP contribution in [0.1, 0.15) is 17.5 Å². The van der Waals surface area contributed by atoms with Gasteiger partial charge in [0.15, 0.2) is 5.82 Å². The number of anilines is 1. The topological polar surface area (TPSA) is 68.5 Å². The van der Waals surface area contributed by atoms with E-state index < -0.39 is 6.10 Å². The highest BCUT2D eigenvalue weighted by Crippen LogP contribution is 2.26. The molecular formula is C20H14Br2Cl2N4O2. The summed E-state index contributed by atoms with van der Waals surface area (Å²) in [4.78, 5) is 18.0. The van der Waals surface area contributed by atoms with E-state index in [1.807, 2.05) is 30.3 Å². The fraction of sp³-hybridized carbons (Fsp3) is 0.150. The van der Waals surface area contributed by atoms with E-state index in [-0.39, 0.29) is 5.91 Å². The van der Waals surface area contributed by atoms with Gasteiger partial charge in [0, 0.05) is 22.7 Å². The van der Waals surface area contributed by atoms with Gasteiger partial charge in [0.05, 0.1) is 26.8 Å². The van der Waals surface area contributed by atoms with Crippen LogP contribution in [-0.4, -0.2) is 27.5 Å². The fourth-order valence-electron chi connectivity index (χ4n) is 2.94. The molecule has 1 aliphatic heterocycles. The van der Waals surface area contributed by atoms with Crippen molar-refractivity contribution in [2.45, 2.75) is 19.1 Å². The van der Waals surface area contributed by atoms with Crippen molar-refractivity contribution in [2.24, 2.45) is 5.16 Å². The lowest BCUT2D eigenvalue weighted by atomic mass is 10.0. The van der Waals surface area contributed by atoms with Crippen LogP contribution in [0.4, 0.5) is 5.82 Å². The summed E-state index contributed by atoms with van der Waals surface area (Å²) in [5.41, 5.74) is 2.57. The second-order valence-corrected chi connectivity index (χ2v) is 9.19. The van der Waals surface area contributed by atoms with Crippen LogP contribution in [0.2, 0.25) is 10.0 Å². The quantitative estimate of drug-likeness (QED) is 0.414. The monoisotopic (exact) mass is 570 g/mol. The average molecular weight is 573 g/mol. The summed E-state index contributed by atoms with van der Waals surface area (Å²) < 4.78 is 3.28. The van der Waals surface area contributed by atoms with Crippen molar-refractivity contribution in [1.29, 1.82) is 0 Å². The smallest absolute Gasteiger partial charge is 0.269 e. The Morgan fingerprint density at radius 1 is 1.20 bits per heavy atom. The molecule has 154 valence electrons. The number of rotatable bonds is 5. The largest absolute Gasteiger partial charge is 0.382 e. The second-order valence-electron chi connectivity index (χ2n) is 6.61. The van der Waals surface area contributed by atoms with E-state index in [1.54, 1.807) is 23.0 Å². The minimum Gasteiger partial charge on any atom is -0.382 e. The summed E-state index contributed by atoms with van der Waals surface area (Å²) in [7, 11) is 0. The van der Waals surface area contributed by atoms with Gasteiger partial charge in [-0.25, -0.2) is 0 Å². The molecule has 1 aliphatic rings. The summed E-state index contributed by atoms with van der Waals surface area (Å²) in [6, 6.07) is 13.1. The van der Waals surface area contributed by atoms with Crippen molar-refractivity contribution < 1.29 is 9.63 Å². The molecule has 0 aliphatic carbocycles. The minimum absolute atomic E-state index is 0.316. The highest BCUT2D eigenvalue weighted by molar-refractivity contribution is 9.10. The van der Waals surface area contributed by atoms with Gasteiger partial charge in [-0.2, -0.15) is 5.10 Å². The predicted octanol–water partition coefficient (Wildman–Crippen LogP) is 5.89. The van der Waals surface area contributed by atoms with E-state index >= 15 is 0 Å². The standard InChI is InChI=1S/C20H14Br2Cl2N4O2/c21-13-3-1-2-12(7-13)17-8-18(30-27-17)20(29)25-19-14(22)10-28(26-19)9-11-4-5-15(23)16(24)6-11/h1-7,10,18H,8-9H2,(H,25,26,29). The number of carbonyl (C=O) groups excluding carboxylic acids is 1. The van der Waals surface area contributed by atoms with Crippen molar-refractivity contribution in [3.8, 4) is 0 Å². The molecule has 1 aromatic heterocycles. The zero-order valence-electron chi connectivity index (χ0n) is 15.3. The molecule has 2 heterocycles. The normalized spacial score (nSPS) is 15.6. The number of carbonyl (C=O) groups is 1. The van der Waals surface area contributed by atoms with Gasteiger partial charge in [0.2, 0.25) is 6.10 Å². The number of halogens is 4. The summed E-state index contributed by atoms with van der Waals surface area (Å²) >= 11 is 18.9. The number of oxime groups is 1. The van der Waals surface area contributed by atoms with Crippen LogP contribution in [0, 0.1) is 0 Å². The summed E-state index contributed by atoms with van der Waals surface area (Å²) in [5.74, 6) is 0.0869. The van der Waals surface area contributed by atoms with Gasteiger partial charge in [0.1, 0.15) is 0 Å². The maximum absolute atomic E-state index is 12.6. The van der Waals surface area contributed by atoms with Crippen LogP contribution < -0.4 is 5.32 Å². The lowest BCUT2D eigenvalue weighted by molar-refractivity contribution is -0.125. The van der Waals surface area contributed by atoms with Crippen LogP contribution in [0.3, 0.4) is 0 Å². The third kappa shape index (κ3) is 4.88. The Labute approximate surface area is 199 Å². The van der Waals surface area contributed by atoms with Gasteiger partial charge in [-0.15, -0.1) is 0 Å². The van der Waals surface area contributed by atoms with Crippen molar-refractivity contribution in [3.63, 3.8) is 0 Å². The molecule has 0 saturated carbocycles. The second kappa shape index (κ2) is 9.09. The Bertz CT molecular complexity index is 1150. The molecule has 0 radical (unpaired) electrons. The lowest BCUT2D eigenvalue weighted by Gasteiger charge is -2.08. The summed E-state index contributed by atoms with van der Waals surface area (Å²) in [5, 5.41) is 12.3. The van der Waals surface area contributed by atoms with E-state index in [9.17, 15) is 4.79 Å². The first kappa shape index (κ1) is 21.4. The maximum atomic E-state index is 12.6. The van der Waals surface area contributed by atoms with Crippen LogP contribution in [0.25, 0.3) is 0 Å². The molecule has 6 nitrogen and oxygen atoms in total.